The summed E-state index contributed by atoms with van der Waals surface area (Å²) in [6.07, 6.45) is 2.32. The number of ketones is 1. The molecule has 1 aliphatic rings. The number of carbonyl (C=O) groups is 1. The first kappa shape index (κ1) is 16.3. The number of methoxy groups -OCH3 is 3. The predicted octanol–water partition coefficient (Wildman–Crippen LogP) is 3.92. The summed E-state index contributed by atoms with van der Waals surface area (Å²) >= 11 is 0. The van der Waals surface area contributed by atoms with Crippen LogP contribution in [0.4, 0.5) is 11.4 Å². The van der Waals surface area contributed by atoms with Crippen LogP contribution in [0.3, 0.4) is 0 Å². The van der Waals surface area contributed by atoms with E-state index in [1.165, 1.54) is 14.2 Å². The van der Waals surface area contributed by atoms with E-state index in [2.05, 4.69) is 28.1 Å². The van der Waals surface area contributed by atoms with Crippen LogP contribution in [0.25, 0.3) is 10.9 Å². The van der Waals surface area contributed by atoms with Gasteiger partial charge in [-0.25, -0.2) is 0 Å². The van der Waals surface area contributed by atoms with Gasteiger partial charge in [-0.05, 0) is 23.6 Å². The van der Waals surface area contributed by atoms with Gasteiger partial charge in [0, 0.05) is 36.4 Å². The van der Waals surface area contributed by atoms with Crippen LogP contribution in [0.15, 0.2) is 36.5 Å². The van der Waals surface area contributed by atoms with E-state index in [1.54, 1.807) is 7.11 Å². The molecule has 4 rings (SSSR count). The van der Waals surface area contributed by atoms with Gasteiger partial charge in [0.1, 0.15) is 0 Å². The van der Waals surface area contributed by atoms with Crippen LogP contribution < -0.4 is 19.1 Å². The lowest BCUT2D eigenvalue weighted by Crippen LogP contribution is -2.28. The lowest BCUT2D eigenvalue weighted by Gasteiger charge is -2.32. The van der Waals surface area contributed by atoms with Gasteiger partial charge in [0.2, 0.25) is 5.75 Å². The summed E-state index contributed by atoms with van der Waals surface area (Å²) in [4.78, 5) is 18.0. The molecule has 0 saturated carbocycles. The summed E-state index contributed by atoms with van der Waals surface area (Å²) in [5, 5.41) is 1.15. The number of aromatic amines is 1. The van der Waals surface area contributed by atoms with E-state index >= 15 is 0 Å². The summed E-state index contributed by atoms with van der Waals surface area (Å²) in [6, 6.07) is 10.1. The molecule has 26 heavy (non-hydrogen) atoms. The van der Waals surface area contributed by atoms with Crippen LogP contribution in [0, 0.1) is 0 Å². The fourth-order valence-electron chi connectivity index (χ4n) is 3.56. The van der Waals surface area contributed by atoms with E-state index < -0.39 is 0 Å². The number of aromatic nitrogens is 1. The molecule has 0 amide bonds. The Kier molecular flexibility index (Phi) is 3.95. The van der Waals surface area contributed by atoms with Crippen LogP contribution in [0.2, 0.25) is 0 Å². The van der Waals surface area contributed by atoms with Crippen molar-refractivity contribution in [3.05, 3.63) is 42.1 Å². The standard InChI is InChI=1S/C20H20N2O4/c1-24-17-11-15-18(20(26-3)19(17)25-2)16(23)7-9-22(15)13-5-4-12-6-8-21-14(12)10-13/h4-6,8,10-11,21H,7,9H2,1-3H3. The third-order valence-electron chi connectivity index (χ3n) is 4.79. The van der Waals surface area contributed by atoms with Crippen molar-refractivity contribution >= 4 is 28.1 Å². The first-order valence-corrected chi connectivity index (χ1v) is 8.38. The molecule has 0 radical (unpaired) electrons. The number of Topliss-reactive ketones (excluding diaryl/α,β-unsaturated/α-hetero) is 1. The fourth-order valence-corrected chi connectivity index (χ4v) is 3.56. The molecule has 6 heteroatoms. The van der Waals surface area contributed by atoms with Crippen molar-refractivity contribution in [2.24, 2.45) is 0 Å². The normalized spacial score (nSPS) is 13.7. The molecule has 0 bridgehead atoms. The smallest absolute Gasteiger partial charge is 0.204 e. The first-order chi connectivity index (χ1) is 12.7. The molecule has 0 atom stereocenters. The SMILES string of the molecule is COc1cc2c(c(OC)c1OC)C(=O)CCN2c1ccc2cc[nH]c2c1. The fraction of sp³-hybridized carbons (Fsp3) is 0.250. The topological polar surface area (TPSA) is 63.8 Å². The second-order valence-electron chi connectivity index (χ2n) is 6.11. The minimum Gasteiger partial charge on any atom is -0.493 e. The number of nitrogens with one attached hydrogen (secondary N) is 1. The monoisotopic (exact) mass is 352 g/mol. The van der Waals surface area contributed by atoms with Gasteiger partial charge < -0.3 is 24.1 Å². The number of hydrogen-bond donors (Lipinski definition) is 1. The molecule has 0 saturated heterocycles. The summed E-state index contributed by atoms with van der Waals surface area (Å²) in [5.74, 6) is 1.42. The van der Waals surface area contributed by atoms with Gasteiger partial charge in [-0.15, -0.1) is 0 Å². The van der Waals surface area contributed by atoms with Gasteiger partial charge in [-0.3, -0.25) is 4.79 Å². The Balaban J connectivity index is 1.93. The highest BCUT2D eigenvalue weighted by Crippen LogP contribution is 2.48. The molecular formula is C20H20N2O4. The summed E-state index contributed by atoms with van der Waals surface area (Å²) in [7, 11) is 4.65. The maximum atomic E-state index is 12.7. The molecule has 1 aromatic heterocycles. The Bertz CT molecular complexity index is 993. The third-order valence-corrected chi connectivity index (χ3v) is 4.79. The molecule has 2 aromatic carbocycles. The maximum absolute atomic E-state index is 12.7. The number of carbonyl (C=O) groups excluding carboxylic acids is 1. The summed E-state index contributed by atoms with van der Waals surface area (Å²) < 4.78 is 16.4. The zero-order chi connectivity index (χ0) is 18.3. The Morgan fingerprint density at radius 3 is 2.54 bits per heavy atom. The van der Waals surface area contributed by atoms with Crippen molar-refractivity contribution in [3.63, 3.8) is 0 Å². The largest absolute Gasteiger partial charge is 0.493 e. The molecule has 0 fully saturated rings. The van der Waals surface area contributed by atoms with Gasteiger partial charge in [0.05, 0.1) is 32.6 Å². The van der Waals surface area contributed by atoms with Crippen molar-refractivity contribution in [1.29, 1.82) is 0 Å². The Labute approximate surface area is 151 Å². The van der Waals surface area contributed by atoms with Crippen molar-refractivity contribution in [3.8, 4) is 17.2 Å². The Hall–Kier alpha value is -3.15. The minimum absolute atomic E-state index is 0.0370. The van der Waals surface area contributed by atoms with E-state index in [1.807, 2.05) is 18.3 Å². The number of fused-ring (bicyclic) bond motifs is 2. The van der Waals surface area contributed by atoms with Gasteiger partial charge in [0.25, 0.3) is 0 Å². The number of benzene rings is 2. The number of H-pyrrole nitrogens is 1. The number of anilines is 2. The molecule has 2 heterocycles. The minimum atomic E-state index is 0.0370. The van der Waals surface area contributed by atoms with E-state index in [-0.39, 0.29) is 5.78 Å². The van der Waals surface area contributed by atoms with Crippen LogP contribution in [-0.2, 0) is 0 Å². The number of nitrogens with zero attached hydrogens (tertiary/aromatic N) is 1. The zero-order valence-corrected chi connectivity index (χ0v) is 15.0. The van der Waals surface area contributed by atoms with Crippen LogP contribution in [0.5, 0.6) is 17.2 Å². The van der Waals surface area contributed by atoms with Crippen LogP contribution in [0.1, 0.15) is 16.8 Å². The molecule has 3 aromatic rings. The molecule has 0 spiro atoms. The van der Waals surface area contributed by atoms with Crippen molar-refractivity contribution in [1.82, 2.24) is 4.98 Å². The second kappa shape index (κ2) is 6.29. The molecule has 6 nitrogen and oxygen atoms in total. The molecule has 134 valence electrons. The van der Waals surface area contributed by atoms with Gasteiger partial charge in [0.15, 0.2) is 17.3 Å². The molecule has 0 unspecified atom stereocenters. The summed E-state index contributed by atoms with van der Waals surface area (Å²) in [6.45, 7) is 0.594. The molecule has 1 aliphatic heterocycles. The molecular weight excluding hydrogens is 332 g/mol. The predicted molar refractivity (Wildman–Crippen MR) is 100 cm³/mol. The lowest BCUT2D eigenvalue weighted by atomic mass is 9.97. The Morgan fingerprint density at radius 2 is 1.81 bits per heavy atom. The Morgan fingerprint density at radius 1 is 1.00 bits per heavy atom. The second-order valence-corrected chi connectivity index (χ2v) is 6.11. The van der Waals surface area contributed by atoms with E-state index in [4.69, 9.17) is 14.2 Å². The van der Waals surface area contributed by atoms with E-state index in [0.29, 0.717) is 35.8 Å². The van der Waals surface area contributed by atoms with Gasteiger partial charge >= 0.3 is 0 Å². The zero-order valence-electron chi connectivity index (χ0n) is 15.0. The molecule has 0 aliphatic carbocycles. The highest BCUT2D eigenvalue weighted by molar-refractivity contribution is 6.08. The average molecular weight is 352 g/mol. The first-order valence-electron chi connectivity index (χ1n) is 8.38. The van der Waals surface area contributed by atoms with Gasteiger partial charge in [-0.1, -0.05) is 6.07 Å². The summed E-state index contributed by atoms with van der Waals surface area (Å²) in [5.41, 5.74) is 3.35. The number of rotatable bonds is 4. The third kappa shape index (κ3) is 2.37. The molecule has 1 N–H and O–H groups in total. The van der Waals surface area contributed by atoms with E-state index in [0.717, 1.165) is 22.3 Å². The van der Waals surface area contributed by atoms with Gasteiger partial charge in [-0.2, -0.15) is 0 Å². The van der Waals surface area contributed by atoms with Crippen molar-refractivity contribution < 1.29 is 19.0 Å². The average Bonchev–Trinajstić information content (AvgIpc) is 3.14. The van der Waals surface area contributed by atoms with Crippen LogP contribution >= 0.6 is 0 Å². The lowest BCUT2D eigenvalue weighted by molar-refractivity contribution is 0.0977. The maximum Gasteiger partial charge on any atom is 0.204 e. The highest BCUT2D eigenvalue weighted by Gasteiger charge is 2.32. The quantitative estimate of drug-likeness (QED) is 0.771. The van der Waals surface area contributed by atoms with E-state index in [9.17, 15) is 4.79 Å². The number of ether oxygens (including phenoxy) is 3. The van der Waals surface area contributed by atoms with Crippen molar-refractivity contribution in [2.75, 3.05) is 32.8 Å². The number of hydrogen-bond acceptors (Lipinski definition) is 5. The highest BCUT2D eigenvalue weighted by atomic mass is 16.5. The van der Waals surface area contributed by atoms with Crippen LogP contribution in [-0.4, -0.2) is 38.6 Å². The van der Waals surface area contributed by atoms with Crippen molar-refractivity contribution in [2.45, 2.75) is 6.42 Å².